The zero-order chi connectivity index (χ0) is 0. The number of rotatable bonds is 0. The first kappa shape index (κ1) is 32.3. The fourth-order valence-corrected chi connectivity index (χ4v) is 0. The second-order valence-corrected chi connectivity index (χ2v) is 0. The monoisotopic (exact) mass is 326 g/mol. The van der Waals surface area contributed by atoms with E-state index in [0.717, 1.165) is 0 Å². The molecule has 4 heteroatoms. The Kier molecular flexibility index (Phi) is 146. The summed E-state index contributed by atoms with van der Waals surface area (Å²) >= 11 is 0. The van der Waals surface area contributed by atoms with Gasteiger partial charge in [-0.3, -0.25) is 0 Å². The van der Waals surface area contributed by atoms with Gasteiger partial charge in [0.1, 0.15) is 0 Å². The second-order valence-electron chi connectivity index (χ2n) is 0. The molecule has 0 aliphatic heterocycles. The smallest absolute Gasteiger partial charge is 0 e. The topological polar surface area (TPSA) is 0 Å². The number of hydrogen-bond donors (Lipinski definition) is 0. The first-order valence-electron chi connectivity index (χ1n) is 0. The van der Waals surface area contributed by atoms with Crippen LogP contribution in [0.2, 0.25) is 0 Å². The van der Waals surface area contributed by atoms with Crippen LogP contribution >= 0.6 is 13.5 Å². The van der Waals surface area contributed by atoms with Gasteiger partial charge < -0.3 is 0 Å². The van der Waals surface area contributed by atoms with Gasteiger partial charge in [0.2, 0.25) is 0 Å². The first-order valence-corrected chi connectivity index (χ1v) is 0. The van der Waals surface area contributed by atoms with E-state index in [-0.39, 0.29) is 76.7 Å². The predicted molar refractivity (Wildman–Crippen MR) is 7.59 cm³/mol. The average molecular weight is 320 g/mol. The molecule has 4 heavy (non-hydrogen) atoms. The second kappa shape index (κ2) is 18.1. The van der Waals surface area contributed by atoms with Crippen molar-refractivity contribution in [2.45, 2.75) is 0 Å². The summed E-state index contributed by atoms with van der Waals surface area (Å²) in [6.07, 6.45) is 0. The fraction of sp³-hybridized carbons (Fsp3) is 0. The third-order valence-corrected chi connectivity index (χ3v) is 0. The summed E-state index contributed by atoms with van der Waals surface area (Å²) in [6.45, 7) is 0. The van der Waals surface area contributed by atoms with Crippen LogP contribution in [0.5, 0.6) is 0 Å². The van der Waals surface area contributed by atoms with Crippen LogP contribution in [0.25, 0.3) is 0 Å². The molecule has 0 aromatic heterocycles. The molecule has 0 nitrogen and oxygen atoms in total. The van der Waals surface area contributed by atoms with Gasteiger partial charge in [0.05, 0.1) is 0 Å². The van der Waals surface area contributed by atoms with Gasteiger partial charge in [-0.05, 0) is 0 Å². The van der Waals surface area contributed by atoms with Crippen LogP contribution in [0, 0.1) is 0 Å². The zero-order valence-electron chi connectivity index (χ0n) is 1.63. The van der Waals surface area contributed by atoms with E-state index in [1.54, 1.807) is 0 Å². The van der Waals surface area contributed by atoms with Crippen molar-refractivity contribution in [2.24, 2.45) is 0 Å². The van der Waals surface area contributed by atoms with Crippen molar-refractivity contribution < 1.29 is 63.2 Å². The summed E-state index contributed by atoms with van der Waals surface area (Å²) < 4.78 is 0. The maximum Gasteiger partial charge on any atom is 0 e. The van der Waals surface area contributed by atoms with Gasteiger partial charge in [-0.2, -0.15) is 0 Å². The van der Waals surface area contributed by atoms with Gasteiger partial charge in [0.15, 0.2) is 0 Å². The maximum atomic E-state index is 0. The van der Waals surface area contributed by atoms with Gasteiger partial charge in [-0.1, -0.05) is 0 Å². The Hall–Kier alpha value is 2.41. The maximum absolute atomic E-state index is 0. The molecule has 0 saturated carbocycles. The Morgan fingerprint density at radius 1 is 0.500 bits per heavy atom. The van der Waals surface area contributed by atoms with Gasteiger partial charge in [-0.15, -0.1) is 0 Å². The van der Waals surface area contributed by atoms with Crippen LogP contribution in [0.15, 0.2) is 0 Å². The Bertz CT molecular complexity index is 3.25. The van der Waals surface area contributed by atoms with E-state index in [1.165, 1.54) is 0 Å². The molecule has 0 fully saturated rings. The minimum absolute atomic E-state index is 0. The predicted octanol–water partition coefficient (Wildman–Crippen LogP) is 0.641. The fourth-order valence-electron chi connectivity index (χ4n) is 0. The third-order valence-electron chi connectivity index (χ3n) is 0. The summed E-state index contributed by atoms with van der Waals surface area (Å²) in [5.41, 5.74) is 0. The van der Waals surface area contributed by atoms with E-state index in [9.17, 15) is 0 Å². The molecule has 0 aromatic rings. The van der Waals surface area contributed by atoms with Crippen LogP contribution in [-0.2, 0) is 63.2 Å². The molecule has 0 rings (SSSR count). The summed E-state index contributed by atoms with van der Waals surface area (Å²) in [7, 11) is 0. The molecular weight excluding hydrogens is 320 g/mol. The molecule has 0 aliphatic carbocycles. The summed E-state index contributed by atoms with van der Waals surface area (Å²) in [5, 5.41) is 0. The van der Waals surface area contributed by atoms with E-state index >= 15 is 0 Å². The van der Waals surface area contributed by atoms with E-state index in [1.807, 2.05) is 0 Å². The largest absolute Gasteiger partial charge is 0 e. The molecule has 0 aliphatic rings. The molecule has 0 aromatic carbocycles. The van der Waals surface area contributed by atoms with Crippen molar-refractivity contribution in [1.82, 2.24) is 0 Å². The molecule has 0 N–H and O–H groups in total. The van der Waals surface area contributed by atoms with Gasteiger partial charge >= 0.3 is 0 Å². The van der Waals surface area contributed by atoms with E-state index < -0.39 is 0 Å². The standard InChI is InChI=1S/3Mo.S. The van der Waals surface area contributed by atoms with Crippen LogP contribution in [-0.4, -0.2) is 0 Å². The molecule has 0 spiro atoms. The van der Waals surface area contributed by atoms with Crippen LogP contribution < -0.4 is 0 Å². The molecule has 0 amide bonds. The molecule has 0 atom stereocenters. The minimum Gasteiger partial charge on any atom is 0 e. The third kappa shape index (κ3) is 8.83. The molecule has 24 valence electrons. The van der Waals surface area contributed by atoms with Crippen molar-refractivity contribution >= 4 is 13.5 Å². The summed E-state index contributed by atoms with van der Waals surface area (Å²) in [4.78, 5) is 0. The molecule has 0 unspecified atom stereocenters. The van der Waals surface area contributed by atoms with Crippen molar-refractivity contribution in [2.75, 3.05) is 0 Å². The van der Waals surface area contributed by atoms with Crippen molar-refractivity contribution in [1.29, 1.82) is 0 Å². The van der Waals surface area contributed by atoms with Crippen LogP contribution in [0.4, 0.5) is 0 Å². The molecule has 0 bridgehead atoms. The Morgan fingerprint density at radius 3 is 0.500 bits per heavy atom. The normalized spacial score (nSPS) is 0. The molecule has 0 saturated heterocycles. The summed E-state index contributed by atoms with van der Waals surface area (Å²) in [6, 6.07) is 0. The van der Waals surface area contributed by atoms with Crippen molar-refractivity contribution in [3.8, 4) is 0 Å². The molecular formula is Mo3S. The van der Waals surface area contributed by atoms with Crippen molar-refractivity contribution in [3.63, 3.8) is 0 Å². The Labute approximate surface area is 75.7 Å². The van der Waals surface area contributed by atoms with Crippen LogP contribution in [0.1, 0.15) is 0 Å². The van der Waals surface area contributed by atoms with Gasteiger partial charge in [-0.25, -0.2) is 0 Å². The van der Waals surface area contributed by atoms with Gasteiger partial charge in [0, 0.05) is 76.7 Å². The SMILES string of the molecule is [Mo].[Mo].[Mo].[S]. The molecule has 0 heterocycles. The Balaban J connectivity index is 0. The summed E-state index contributed by atoms with van der Waals surface area (Å²) in [5.74, 6) is 0. The zero-order valence-corrected chi connectivity index (χ0v) is 8.47. The minimum atomic E-state index is 0. The van der Waals surface area contributed by atoms with Crippen molar-refractivity contribution in [3.05, 3.63) is 0 Å². The average Bonchev–Trinajstić information content (AvgIpc) is 0. The van der Waals surface area contributed by atoms with Gasteiger partial charge in [0.25, 0.3) is 0 Å². The van der Waals surface area contributed by atoms with E-state index in [0.29, 0.717) is 0 Å². The number of hydrogen-bond acceptors (Lipinski definition) is 0. The quantitative estimate of drug-likeness (QED) is 0.575. The Morgan fingerprint density at radius 2 is 0.500 bits per heavy atom. The van der Waals surface area contributed by atoms with E-state index in [4.69, 9.17) is 0 Å². The van der Waals surface area contributed by atoms with Crippen LogP contribution in [0.3, 0.4) is 0 Å². The molecule has 2 radical (unpaired) electrons. The first-order chi connectivity index (χ1) is 0. The van der Waals surface area contributed by atoms with E-state index in [2.05, 4.69) is 0 Å².